The number of amides is 1. The van der Waals surface area contributed by atoms with E-state index in [9.17, 15) is 22.8 Å². The summed E-state index contributed by atoms with van der Waals surface area (Å²) in [6.45, 7) is -0.994. The van der Waals surface area contributed by atoms with Crippen LogP contribution in [0.5, 0.6) is 0 Å². The minimum Gasteiger partial charge on any atom is -0.481 e. The maximum Gasteiger partial charge on any atom is 0.394 e. The summed E-state index contributed by atoms with van der Waals surface area (Å²) in [5, 5.41) is 9.59. The van der Waals surface area contributed by atoms with Crippen molar-refractivity contribution >= 4 is 23.5 Å². The van der Waals surface area contributed by atoms with E-state index in [0.29, 0.717) is 24.3 Å². The molecule has 2 fully saturated rings. The van der Waals surface area contributed by atoms with Gasteiger partial charge in [0.1, 0.15) is 0 Å². The van der Waals surface area contributed by atoms with Crippen LogP contribution >= 0.6 is 11.6 Å². The summed E-state index contributed by atoms with van der Waals surface area (Å²) in [5.74, 6) is -5.55. The van der Waals surface area contributed by atoms with Crippen molar-refractivity contribution in [1.82, 2.24) is 4.90 Å². The molecule has 1 aliphatic heterocycles. The number of rotatable bonds is 4. The number of hydrogen-bond donors (Lipinski definition) is 1. The lowest BCUT2D eigenvalue weighted by Crippen LogP contribution is -2.38. The second-order valence-corrected chi connectivity index (χ2v) is 7.26. The van der Waals surface area contributed by atoms with Crippen molar-refractivity contribution in [2.75, 3.05) is 13.1 Å². The van der Waals surface area contributed by atoms with Crippen LogP contribution < -0.4 is 0 Å². The highest BCUT2D eigenvalue weighted by molar-refractivity contribution is 6.31. The predicted molar refractivity (Wildman–Crippen MR) is 84.1 cm³/mol. The largest absolute Gasteiger partial charge is 0.481 e. The lowest BCUT2D eigenvalue weighted by Gasteiger charge is -2.24. The number of carbonyl (C=O) groups excluding carboxylic acids is 1. The Morgan fingerprint density at radius 2 is 1.88 bits per heavy atom. The molecule has 4 nitrogen and oxygen atoms in total. The van der Waals surface area contributed by atoms with E-state index in [1.54, 1.807) is 24.3 Å². The summed E-state index contributed by atoms with van der Waals surface area (Å²) < 4.78 is 39.3. The third-order valence-corrected chi connectivity index (χ3v) is 5.51. The van der Waals surface area contributed by atoms with E-state index in [-0.39, 0.29) is 0 Å². The molecule has 2 atom stereocenters. The van der Waals surface area contributed by atoms with Crippen LogP contribution in [0, 0.1) is 17.3 Å². The van der Waals surface area contributed by atoms with Gasteiger partial charge in [-0.25, -0.2) is 0 Å². The summed E-state index contributed by atoms with van der Waals surface area (Å²) in [6, 6.07) is 7.04. The molecule has 1 heterocycles. The predicted octanol–water partition coefficient (Wildman–Crippen LogP) is 3.38. The monoisotopic (exact) mass is 375 g/mol. The van der Waals surface area contributed by atoms with E-state index in [2.05, 4.69) is 0 Å². The number of halogens is 4. The zero-order valence-corrected chi connectivity index (χ0v) is 14.0. The van der Waals surface area contributed by atoms with E-state index in [0.717, 1.165) is 10.5 Å². The number of carbonyl (C=O) groups is 2. The lowest BCUT2D eigenvalue weighted by atomic mass is 9.95. The van der Waals surface area contributed by atoms with Gasteiger partial charge in [0, 0.05) is 18.1 Å². The van der Waals surface area contributed by atoms with Crippen LogP contribution in [-0.2, 0) is 16.0 Å². The number of carboxylic acids is 1. The van der Waals surface area contributed by atoms with Crippen LogP contribution in [0.25, 0.3) is 0 Å². The van der Waals surface area contributed by atoms with Crippen molar-refractivity contribution in [3.8, 4) is 0 Å². The van der Waals surface area contributed by atoms with E-state index >= 15 is 0 Å². The fraction of sp³-hybridized carbons (Fsp3) is 0.529. The SMILES string of the molecule is O=C(O)[C@@H]1CN(C(=O)C2(Cc3ccccc3Cl)CC2)C[C@H]1C(F)(F)F. The van der Waals surface area contributed by atoms with Gasteiger partial charge in [-0.05, 0) is 30.9 Å². The normalized spacial score (nSPS) is 25.0. The van der Waals surface area contributed by atoms with Gasteiger partial charge in [0.15, 0.2) is 0 Å². The van der Waals surface area contributed by atoms with E-state index < -0.39 is 48.4 Å². The van der Waals surface area contributed by atoms with Gasteiger partial charge in [0.25, 0.3) is 0 Å². The highest BCUT2D eigenvalue weighted by Crippen LogP contribution is 2.52. The molecular formula is C17H17ClF3NO3. The molecule has 1 aliphatic carbocycles. The molecule has 1 aromatic carbocycles. The van der Waals surface area contributed by atoms with Gasteiger partial charge in [0.2, 0.25) is 5.91 Å². The molecule has 1 saturated heterocycles. The third kappa shape index (κ3) is 3.47. The summed E-state index contributed by atoms with van der Waals surface area (Å²) in [5.41, 5.74) is 0.0190. The van der Waals surface area contributed by atoms with Crippen molar-refractivity contribution in [2.45, 2.75) is 25.4 Å². The molecule has 0 spiro atoms. The molecule has 8 heteroatoms. The van der Waals surface area contributed by atoms with Crippen molar-refractivity contribution in [2.24, 2.45) is 17.3 Å². The van der Waals surface area contributed by atoms with Crippen LogP contribution in [0.15, 0.2) is 24.3 Å². The number of likely N-dealkylation sites (tertiary alicyclic amines) is 1. The Bertz CT molecular complexity index is 703. The summed E-state index contributed by atoms with van der Waals surface area (Å²) >= 11 is 6.12. The van der Waals surface area contributed by atoms with Crippen LogP contribution in [0.3, 0.4) is 0 Å². The zero-order valence-electron chi connectivity index (χ0n) is 13.2. The second-order valence-electron chi connectivity index (χ2n) is 6.85. The van der Waals surface area contributed by atoms with Crippen molar-refractivity contribution in [3.05, 3.63) is 34.9 Å². The van der Waals surface area contributed by atoms with Crippen molar-refractivity contribution < 1.29 is 27.9 Å². The molecule has 2 aliphatic rings. The molecule has 0 aromatic heterocycles. The molecular weight excluding hydrogens is 359 g/mol. The number of hydrogen-bond acceptors (Lipinski definition) is 2. The van der Waals surface area contributed by atoms with E-state index in [1.807, 2.05) is 0 Å². The average molecular weight is 376 g/mol. The second kappa shape index (κ2) is 6.20. The van der Waals surface area contributed by atoms with E-state index in [4.69, 9.17) is 16.7 Å². The standard InChI is InChI=1S/C17H17ClF3NO3/c18-13-4-2-1-3-10(13)7-16(5-6-16)15(25)22-8-11(14(23)24)12(9-22)17(19,20)21/h1-4,11-12H,5-9H2,(H,23,24)/t11-,12-/m1/s1. The smallest absolute Gasteiger partial charge is 0.394 e. The molecule has 0 bridgehead atoms. The fourth-order valence-electron chi connectivity index (χ4n) is 3.51. The Morgan fingerprint density at radius 3 is 2.36 bits per heavy atom. The number of nitrogens with zero attached hydrogens (tertiary/aromatic N) is 1. The Morgan fingerprint density at radius 1 is 1.24 bits per heavy atom. The topological polar surface area (TPSA) is 57.6 Å². The summed E-state index contributed by atoms with van der Waals surface area (Å²) in [6.07, 6.45) is -3.14. The zero-order chi connectivity index (χ0) is 18.4. The highest BCUT2D eigenvalue weighted by atomic mass is 35.5. The first-order valence-electron chi connectivity index (χ1n) is 7.96. The highest BCUT2D eigenvalue weighted by Gasteiger charge is 2.58. The molecule has 0 unspecified atom stereocenters. The lowest BCUT2D eigenvalue weighted by molar-refractivity contribution is -0.188. The quantitative estimate of drug-likeness (QED) is 0.877. The fourth-order valence-corrected chi connectivity index (χ4v) is 3.71. The molecule has 25 heavy (non-hydrogen) atoms. The molecule has 136 valence electrons. The molecule has 1 amide bonds. The van der Waals surface area contributed by atoms with Gasteiger partial charge in [-0.1, -0.05) is 29.8 Å². The van der Waals surface area contributed by atoms with Crippen LogP contribution in [0.4, 0.5) is 13.2 Å². The average Bonchev–Trinajstić information content (AvgIpc) is 3.15. The number of alkyl halides is 3. The summed E-state index contributed by atoms with van der Waals surface area (Å²) in [4.78, 5) is 25.1. The van der Waals surface area contributed by atoms with Gasteiger partial charge in [-0.15, -0.1) is 0 Å². The molecule has 1 saturated carbocycles. The Hall–Kier alpha value is -1.76. The minimum absolute atomic E-state index is 0.358. The Kier molecular flexibility index (Phi) is 4.47. The van der Waals surface area contributed by atoms with Gasteiger partial charge in [-0.3, -0.25) is 9.59 Å². The Labute approximate surface area is 147 Å². The first-order chi connectivity index (χ1) is 11.6. The van der Waals surface area contributed by atoms with E-state index in [1.165, 1.54) is 0 Å². The van der Waals surface area contributed by atoms with Gasteiger partial charge < -0.3 is 10.0 Å². The maximum absolute atomic E-state index is 13.1. The number of aliphatic carboxylic acids is 1. The first kappa shape index (κ1) is 18.0. The number of benzene rings is 1. The van der Waals surface area contributed by atoms with Crippen LogP contribution in [0.1, 0.15) is 18.4 Å². The minimum atomic E-state index is -4.64. The van der Waals surface area contributed by atoms with Gasteiger partial charge in [-0.2, -0.15) is 13.2 Å². The van der Waals surface area contributed by atoms with Gasteiger partial charge in [0.05, 0.1) is 17.3 Å². The Balaban J connectivity index is 1.77. The molecule has 1 N–H and O–H groups in total. The molecule has 1 aromatic rings. The maximum atomic E-state index is 13.1. The van der Waals surface area contributed by atoms with Crippen LogP contribution in [-0.4, -0.2) is 41.1 Å². The third-order valence-electron chi connectivity index (χ3n) is 5.14. The van der Waals surface area contributed by atoms with Gasteiger partial charge >= 0.3 is 12.1 Å². The van der Waals surface area contributed by atoms with Crippen molar-refractivity contribution in [3.63, 3.8) is 0 Å². The molecule has 3 rings (SSSR count). The van der Waals surface area contributed by atoms with Crippen molar-refractivity contribution in [1.29, 1.82) is 0 Å². The van der Waals surface area contributed by atoms with Crippen LogP contribution in [0.2, 0.25) is 5.02 Å². The first-order valence-corrected chi connectivity index (χ1v) is 8.34. The summed E-state index contributed by atoms with van der Waals surface area (Å²) in [7, 11) is 0. The molecule has 0 radical (unpaired) electrons. The number of carboxylic acid groups (broad SMARTS) is 1.